The molecule has 0 spiro atoms. The Morgan fingerprint density at radius 3 is 2.39 bits per heavy atom. The molecule has 1 heterocycles. The second-order valence-electron chi connectivity index (χ2n) is 8.39. The first kappa shape index (κ1) is 25.6. The van der Waals surface area contributed by atoms with E-state index < -0.39 is 39.8 Å². The van der Waals surface area contributed by atoms with Gasteiger partial charge < -0.3 is 15.5 Å². The fraction of sp³-hybridized carbons (Fsp3) is 0.200. The third-order valence-electron chi connectivity index (χ3n) is 5.73. The highest BCUT2D eigenvalue weighted by Gasteiger charge is 2.40. The lowest BCUT2D eigenvalue weighted by molar-refractivity contribution is -0.119. The van der Waals surface area contributed by atoms with E-state index in [1.165, 1.54) is 18.2 Å². The summed E-state index contributed by atoms with van der Waals surface area (Å²) in [5.41, 5.74) is 0.862. The number of nitrogens with zero attached hydrogens (tertiary/aromatic N) is 1. The van der Waals surface area contributed by atoms with Crippen molar-refractivity contribution in [2.45, 2.75) is 23.5 Å². The van der Waals surface area contributed by atoms with Gasteiger partial charge in [-0.15, -0.1) is 0 Å². The summed E-state index contributed by atoms with van der Waals surface area (Å²) in [5.74, 6) is -1.55. The number of hydrogen-bond acceptors (Lipinski definition) is 4. The monoisotopic (exact) mass is 533 g/mol. The van der Waals surface area contributed by atoms with Gasteiger partial charge in [0.25, 0.3) is 0 Å². The van der Waals surface area contributed by atoms with E-state index in [1.54, 1.807) is 42.5 Å². The summed E-state index contributed by atoms with van der Waals surface area (Å²) in [5, 5.41) is 5.48. The maximum absolute atomic E-state index is 14.9. The number of benzene rings is 3. The van der Waals surface area contributed by atoms with Crippen molar-refractivity contribution in [1.82, 2.24) is 4.90 Å². The van der Waals surface area contributed by atoms with E-state index in [4.69, 9.17) is 11.6 Å². The van der Waals surface area contributed by atoms with Gasteiger partial charge in [-0.05, 0) is 48.0 Å². The van der Waals surface area contributed by atoms with Gasteiger partial charge in [0.15, 0.2) is 9.84 Å². The molecule has 1 saturated heterocycles. The van der Waals surface area contributed by atoms with E-state index in [0.29, 0.717) is 21.8 Å². The zero-order valence-electron chi connectivity index (χ0n) is 19.0. The zero-order valence-corrected chi connectivity index (χ0v) is 20.6. The van der Waals surface area contributed by atoms with Crippen molar-refractivity contribution in [3.8, 4) is 11.1 Å². The van der Waals surface area contributed by atoms with Crippen LogP contribution in [0.4, 0.5) is 25.0 Å². The molecule has 0 aromatic heterocycles. The van der Waals surface area contributed by atoms with Crippen LogP contribution in [0.25, 0.3) is 11.1 Å². The number of amides is 3. The van der Waals surface area contributed by atoms with Crippen LogP contribution in [0.5, 0.6) is 0 Å². The Kier molecular flexibility index (Phi) is 7.28. The smallest absolute Gasteiger partial charge is 0.322 e. The highest BCUT2D eigenvalue weighted by Crippen LogP contribution is 2.30. The van der Waals surface area contributed by atoms with Crippen molar-refractivity contribution in [2.75, 3.05) is 23.4 Å². The molecule has 1 fully saturated rings. The lowest BCUT2D eigenvalue weighted by Gasteiger charge is -2.24. The van der Waals surface area contributed by atoms with Gasteiger partial charge >= 0.3 is 6.03 Å². The first-order valence-corrected chi connectivity index (χ1v) is 13.2. The maximum Gasteiger partial charge on any atom is 0.322 e. The Morgan fingerprint density at radius 1 is 1.03 bits per heavy atom. The van der Waals surface area contributed by atoms with Crippen LogP contribution < -0.4 is 10.6 Å². The number of hydrogen-bond donors (Lipinski definition) is 2. The summed E-state index contributed by atoms with van der Waals surface area (Å²) in [6.07, 6.45) is -0.594. The average molecular weight is 534 g/mol. The quantitative estimate of drug-likeness (QED) is 0.475. The molecular formula is C25H22ClF2N3O4S. The predicted octanol–water partition coefficient (Wildman–Crippen LogP) is 5.13. The summed E-state index contributed by atoms with van der Waals surface area (Å²) >= 11 is 5.84. The van der Waals surface area contributed by atoms with Crippen molar-refractivity contribution in [1.29, 1.82) is 0 Å². The fourth-order valence-corrected chi connectivity index (χ4v) is 5.05. The Hall–Kier alpha value is -3.50. The van der Waals surface area contributed by atoms with E-state index in [9.17, 15) is 26.8 Å². The predicted molar refractivity (Wildman–Crippen MR) is 134 cm³/mol. The number of carbonyl (C=O) groups excluding carboxylic acids is 2. The normalized spacial score (nSPS) is 17.6. The van der Waals surface area contributed by atoms with Gasteiger partial charge in [-0.2, -0.15) is 0 Å². The van der Waals surface area contributed by atoms with Crippen molar-refractivity contribution in [2.24, 2.45) is 0 Å². The van der Waals surface area contributed by atoms with Crippen molar-refractivity contribution in [3.05, 3.63) is 77.6 Å². The number of sulfone groups is 1. The zero-order chi connectivity index (χ0) is 26.0. The summed E-state index contributed by atoms with van der Waals surface area (Å²) in [7, 11) is -3.56. The van der Waals surface area contributed by atoms with Gasteiger partial charge in [0.05, 0.1) is 17.1 Å². The van der Waals surface area contributed by atoms with Crippen LogP contribution in [0.2, 0.25) is 5.02 Å². The van der Waals surface area contributed by atoms with Crippen LogP contribution in [0.1, 0.15) is 6.42 Å². The first-order valence-electron chi connectivity index (χ1n) is 10.9. The minimum Gasteiger partial charge on any atom is -0.322 e. The van der Waals surface area contributed by atoms with E-state index in [2.05, 4.69) is 10.6 Å². The minimum atomic E-state index is -3.56. The largest absolute Gasteiger partial charge is 0.322 e. The van der Waals surface area contributed by atoms with Gasteiger partial charge in [-0.3, -0.25) is 4.79 Å². The van der Waals surface area contributed by atoms with Gasteiger partial charge in [-0.25, -0.2) is 22.0 Å². The van der Waals surface area contributed by atoms with Gasteiger partial charge in [0, 0.05) is 29.0 Å². The topological polar surface area (TPSA) is 95.6 Å². The standard InChI is InChI=1S/C25H22ClF2N3O4S/c1-36(34,35)23-5-3-2-4-19(23)15-6-11-21(20(28)12-15)30-24(32)22-13-17(27)14-31(22)25(33)29-18-9-7-16(26)8-10-18/h2-12,17,22H,13-14H2,1H3,(H,29,33)(H,30,32). The number of urea groups is 1. The minimum absolute atomic E-state index is 0.0449. The van der Waals surface area contributed by atoms with E-state index in [-0.39, 0.29) is 23.5 Å². The Labute approximate surface area is 212 Å². The molecule has 1 aliphatic heterocycles. The number of anilines is 2. The van der Waals surface area contributed by atoms with E-state index in [1.807, 2.05) is 0 Å². The van der Waals surface area contributed by atoms with Gasteiger partial charge in [0.2, 0.25) is 5.91 Å². The number of nitrogens with one attached hydrogen (secondary N) is 2. The molecule has 0 radical (unpaired) electrons. The molecule has 7 nitrogen and oxygen atoms in total. The molecule has 2 unspecified atom stereocenters. The SMILES string of the molecule is CS(=O)(=O)c1ccccc1-c1ccc(NC(=O)C2CC(F)CN2C(=O)Nc2ccc(Cl)cc2)c(F)c1. The van der Waals surface area contributed by atoms with Crippen molar-refractivity contribution >= 4 is 44.8 Å². The number of alkyl halides is 1. The van der Waals surface area contributed by atoms with Crippen LogP contribution in [0.15, 0.2) is 71.6 Å². The molecule has 0 bridgehead atoms. The Bertz CT molecular complexity index is 1420. The van der Waals surface area contributed by atoms with Crippen LogP contribution in [0.3, 0.4) is 0 Å². The third-order valence-corrected chi connectivity index (χ3v) is 7.14. The molecule has 2 atom stereocenters. The summed E-state index contributed by atoms with van der Waals surface area (Å²) in [6, 6.07) is 14.5. The molecule has 1 aliphatic rings. The summed E-state index contributed by atoms with van der Waals surface area (Å²) in [4.78, 5) is 26.7. The average Bonchev–Trinajstić information content (AvgIpc) is 3.23. The van der Waals surface area contributed by atoms with E-state index >= 15 is 0 Å². The summed E-state index contributed by atoms with van der Waals surface area (Å²) < 4.78 is 53.3. The van der Waals surface area contributed by atoms with Crippen molar-refractivity contribution in [3.63, 3.8) is 0 Å². The molecule has 3 aromatic rings. The Balaban J connectivity index is 1.51. The van der Waals surface area contributed by atoms with Gasteiger partial charge in [0.1, 0.15) is 18.0 Å². The molecule has 188 valence electrons. The Morgan fingerprint density at radius 2 is 1.72 bits per heavy atom. The number of likely N-dealkylation sites (tertiary alicyclic amines) is 1. The lowest BCUT2D eigenvalue weighted by Crippen LogP contribution is -2.45. The fourth-order valence-electron chi connectivity index (χ4n) is 4.01. The first-order chi connectivity index (χ1) is 17.0. The van der Waals surface area contributed by atoms with Crippen LogP contribution in [0, 0.1) is 5.82 Å². The molecule has 3 amide bonds. The molecule has 11 heteroatoms. The van der Waals surface area contributed by atoms with Gasteiger partial charge in [-0.1, -0.05) is 35.9 Å². The molecule has 3 aromatic carbocycles. The highest BCUT2D eigenvalue weighted by molar-refractivity contribution is 7.90. The molecule has 0 saturated carbocycles. The number of carbonyl (C=O) groups is 2. The summed E-state index contributed by atoms with van der Waals surface area (Å²) in [6.45, 7) is -0.290. The molecule has 4 rings (SSSR count). The lowest BCUT2D eigenvalue weighted by atomic mass is 10.0. The highest BCUT2D eigenvalue weighted by atomic mass is 35.5. The van der Waals surface area contributed by atoms with Crippen LogP contribution in [-0.4, -0.2) is 50.3 Å². The second-order valence-corrected chi connectivity index (χ2v) is 10.8. The molecule has 36 heavy (non-hydrogen) atoms. The second kappa shape index (κ2) is 10.2. The third kappa shape index (κ3) is 5.66. The van der Waals surface area contributed by atoms with E-state index in [0.717, 1.165) is 17.2 Å². The molecule has 0 aliphatic carbocycles. The number of halogens is 3. The van der Waals surface area contributed by atoms with Crippen LogP contribution >= 0.6 is 11.6 Å². The van der Waals surface area contributed by atoms with Crippen molar-refractivity contribution < 1.29 is 26.8 Å². The molecule has 2 N–H and O–H groups in total. The maximum atomic E-state index is 14.9. The molecular weight excluding hydrogens is 512 g/mol. The van der Waals surface area contributed by atoms with Crippen LogP contribution in [-0.2, 0) is 14.6 Å². The number of rotatable bonds is 5.